The maximum absolute atomic E-state index is 11.9. The van der Waals surface area contributed by atoms with Crippen LogP contribution in [0.25, 0.3) is 0 Å². The van der Waals surface area contributed by atoms with Gasteiger partial charge in [-0.25, -0.2) is 4.79 Å². The van der Waals surface area contributed by atoms with Gasteiger partial charge in [0, 0.05) is 13.1 Å². The van der Waals surface area contributed by atoms with Crippen LogP contribution in [0.2, 0.25) is 0 Å². The summed E-state index contributed by atoms with van der Waals surface area (Å²) in [5.74, 6) is 0.161. The van der Waals surface area contributed by atoms with Gasteiger partial charge in [-0.05, 0) is 6.42 Å². The van der Waals surface area contributed by atoms with Gasteiger partial charge in [-0.1, -0.05) is 13.3 Å². The van der Waals surface area contributed by atoms with Gasteiger partial charge in [-0.3, -0.25) is 14.3 Å². The van der Waals surface area contributed by atoms with Gasteiger partial charge in [0.05, 0.1) is 25.9 Å². The van der Waals surface area contributed by atoms with Crippen LogP contribution < -0.4 is 22.3 Å². The topological polar surface area (TPSA) is 111 Å². The lowest BCUT2D eigenvalue weighted by molar-refractivity contribution is -0.0818. The number of hydrogen-bond donors (Lipinski definition) is 3. The molecule has 118 valence electrons. The van der Waals surface area contributed by atoms with Crippen LogP contribution in [0.3, 0.4) is 0 Å². The zero-order valence-corrected chi connectivity index (χ0v) is 12.2. The van der Waals surface area contributed by atoms with Crippen molar-refractivity contribution in [1.82, 2.24) is 9.55 Å². The second-order valence-electron chi connectivity index (χ2n) is 4.97. The third-order valence-electron chi connectivity index (χ3n) is 3.37. The first-order valence-corrected chi connectivity index (χ1v) is 7.19. The van der Waals surface area contributed by atoms with Gasteiger partial charge < -0.3 is 20.5 Å². The number of nitrogens with two attached hydrogens (primary N) is 1. The average Bonchev–Trinajstić information content (AvgIpc) is 2.47. The van der Waals surface area contributed by atoms with Gasteiger partial charge in [0.15, 0.2) is 0 Å². The Labute approximate surface area is 122 Å². The molecule has 21 heavy (non-hydrogen) atoms. The number of unbranched alkanes of at least 4 members (excludes halogenated alkanes) is 1. The summed E-state index contributed by atoms with van der Waals surface area (Å²) in [6.45, 7) is 4.50. The van der Waals surface area contributed by atoms with Crippen molar-refractivity contribution >= 4 is 11.5 Å². The van der Waals surface area contributed by atoms with Crippen LogP contribution in [-0.2, 0) is 16.0 Å². The lowest BCUT2D eigenvalue weighted by Crippen LogP contribution is -2.38. The summed E-state index contributed by atoms with van der Waals surface area (Å²) in [4.78, 5) is 25.9. The maximum Gasteiger partial charge on any atom is 0.330 e. The van der Waals surface area contributed by atoms with Gasteiger partial charge in [0.1, 0.15) is 11.5 Å². The predicted octanol–water partition coefficient (Wildman–Crippen LogP) is -0.254. The van der Waals surface area contributed by atoms with E-state index in [1.54, 1.807) is 0 Å². The molecule has 4 N–H and O–H groups in total. The number of hydrogen-bond acceptors (Lipinski definition) is 6. The molecule has 1 atom stereocenters. The summed E-state index contributed by atoms with van der Waals surface area (Å²) in [5.41, 5.74) is 5.17. The molecule has 0 aromatic carbocycles. The van der Waals surface area contributed by atoms with Crippen LogP contribution >= 0.6 is 0 Å². The Hall–Kier alpha value is -1.80. The lowest BCUT2D eigenvalue weighted by atomic mass is 10.3. The van der Waals surface area contributed by atoms with E-state index in [1.165, 1.54) is 4.57 Å². The predicted molar refractivity (Wildman–Crippen MR) is 79.7 cm³/mol. The Morgan fingerprint density at radius 3 is 2.90 bits per heavy atom. The van der Waals surface area contributed by atoms with Crippen LogP contribution in [0.5, 0.6) is 0 Å². The summed E-state index contributed by atoms with van der Waals surface area (Å²) in [7, 11) is 0. The molecule has 8 nitrogen and oxygen atoms in total. The van der Waals surface area contributed by atoms with E-state index in [1.807, 2.05) is 6.92 Å². The Balaban J connectivity index is 2.14. The molecule has 0 spiro atoms. The molecule has 8 heteroatoms. The Morgan fingerprint density at radius 1 is 1.43 bits per heavy atom. The fourth-order valence-corrected chi connectivity index (χ4v) is 2.17. The van der Waals surface area contributed by atoms with Crippen molar-refractivity contribution in [2.24, 2.45) is 0 Å². The molecule has 1 aromatic heterocycles. The van der Waals surface area contributed by atoms with Crippen molar-refractivity contribution in [1.29, 1.82) is 0 Å². The largest absolute Gasteiger partial charge is 0.383 e. The van der Waals surface area contributed by atoms with Gasteiger partial charge in [0.25, 0.3) is 5.56 Å². The van der Waals surface area contributed by atoms with Gasteiger partial charge >= 0.3 is 5.69 Å². The number of anilines is 2. The number of H-pyrrole nitrogens is 1. The van der Waals surface area contributed by atoms with Crippen LogP contribution in [-0.4, -0.2) is 42.0 Å². The molecule has 1 aliphatic heterocycles. The second-order valence-corrected chi connectivity index (χ2v) is 4.97. The number of rotatable bonds is 6. The van der Waals surface area contributed by atoms with Crippen LogP contribution in [0, 0.1) is 0 Å². The Kier molecular flexibility index (Phi) is 5.40. The molecule has 0 amide bonds. The molecule has 2 rings (SSSR count). The normalized spacial score (nSPS) is 18.6. The van der Waals surface area contributed by atoms with E-state index in [0.29, 0.717) is 32.9 Å². The quantitative estimate of drug-likeness (QED) is 0.667. The number of ether oxygens (including phenoxy) is 2. The summed E-state index contributed by atoms with van der Waals surface area (Å²) in [6, 6.07) is 0. The maximum atomic E-state index is 11.9. The first-order chi connectivity index (χ1) is 10.1. The third kappa shape index (κ3) is 3.85. The van der Waals surface area contributed by atoms with E-state index >= 15 is 0 Å². The monoisotopic (exact) mass is 298 g/mol. The lowest BCUT2D eigenvalue weighted by Gasteiger charge is -2.23. The SMILES string of the molecule is CCCCn1c(N)c(NCC2COCCO2)c(=O)[nH]c1=O. The first-order valence-electron chi connectivity index (χ1n) is 7.19. The highest BCUT2D eigenvalue weighted by atomic mass is 16.6. The Bertz CT molecular complexity index is 575. The minimum atomic E-state index is -0.512. The van der Waals surface area contributed by atoms with E-state index in [4.69, 9.17) is 15.2 Å². The highest BCUT2D eigenvalue weighted by molar-refractivity contribution is 5.60. The number of nitrogens with one attached hydrogen (secondary N) is 2. The molecule has 0 radical (unpaired) electrons. The Morgan fingerprint density at radius 2 is 2.24 bits per heavy atom. The van der Waals surface area contributed by atoms with Crippen molar-refractivity contribution in [3.8, 4) is 0 Å². The van der Waals surface area contributed by atoms with E-state index in [-0.39, 0.29) is 17.6 Å². The van der Waals surface area contributed by atoms with E-state index < -0.39 is 11.2 Å². The fourth-order valence-electron chi connectivity index (χ4n) is 2.17. The van der Waals surface area contributed by atoms with Gasteiger partial charge in [0.2, 0.25) is 0 Å². The van der Waals surface area contributed by atoms with Gasteiger partial charge in [-0.2, -0.15) is 0 Å². The molecule has 1 unspecified atom stereocenters. The van der Waals surface area contributed by atoms with Crippen LogP contribution in [0.15, 0.2) is 9.59 Å². The molecule has 0 saturated carbocycles. The summed E-state index contributed by atoms with van der Waals surface area (Å²) in [5, 5.41) is 2.96. The molecule has 2 heterocycles. The number of aromatic nitrogens is 2. The first kappa shape index (κ1) is 15.6. The van der Waals surface area contributed by atoms with Gasteiger partial charge in [-0.15, -0.1) is 0 Å². The highest BCUT2D eigenvalue weighted by Gasteiger charge is 2.17. The number of nitrogens with zero attached hydrogens (tertiary/aromatic N) is 1. The summed E-state index contributed by atoms with van der Waals surface area (Å²) >= 11 is 0. The zero-order valence-electron chi connectivity index (χ0n) is 12.2. The molecule has 1 aliphatic rings. The minimum Gasteiger partial charge on any atom is -0.383 e. The van der Waals surface area contributed by atoms with Crippen molar-refractivity contribution in [3.63, 3.8) is 0 Å². The molecule has 1 fully saturated rings. The highest BCUT2D eigenvalue weighted by Crippen LogP contribution is 2.12. The average molecular weight is 298 g/mol. The van der Waals surface area contributed by atoms with Crippen LogP contribution in [0.1, 0.15) is 19.8 Å². The summed E-state index contributed by atoms with van der Waals surface area (Å²) in [6.07, 6.45) is 1.62. The second kappa shape index (κ2) is 7.28. The zero-order chi connectivity index (χ0) is 15.2. The fraction of sp³-hybridized carbons (Fsp3) is 0.692. The van der Waals surface area contributed by atoms with Crippen LogP contribution in [0.4, 0.5) is 11.5 Å². The molecule has 0 bridgehead atoms. The van der Waals surface area contributed by atoms with E-state index in [0.717, 1.165) is 12.8 Å². The molecular weight excluding hydrogens is 276 g/mol. The summed E-state index contributed by atoms with van der Waals surface area (Å²) < 4.78 is 12.2. The van der Waals surface area contributed by atoms with E-state index in [2.05, 4.69) is 10.3 Å². The third-order valence-corrected chi connectivity index (χ3v) is 3.37. The standard InChI is InChI=1S/C13H22N4O4/c1-2-3-4-17-11(14)10(12(18)16-13(17)19)15-7-9-8-20-5-6-21-9/h9,15H,2-8,14H2,1H3,(H,16,18,19). The van der Waals surface area contributed by atoms with Crippen molar-refractivity contribution in [2.45, 2.75) is 32.4 Å². The number of aromatic amines is 1. The molecule has 1 aromatic rings. The van der Waals surface area contributed by atoms with Crippen molar-refractivity contribution < 1.29 is 9.47 Å². The molecule has 1 saturated heterocycles. The minimum absolute atomic E-state index is 0.131. The molecule has 0 aliphatic carbocycles. The van der Waals surface area contributed by atoms with E-state index in [9.17, 15) is 9.59 Å². The number of nitrogen functional groups attached to an aromatic ring is 1. The smallest absolute Gasteiger partial charge is 0.330 e. The molecular formula is C13H22N4O4. The van der Waals surface area contributed by atoms with Crippen molar-refractivity contribution in [2.75, 3.05) is 37.4 Å². The van der Waals surface area contributed by atoms with Crippen molar-refractivity contribution in [3.05, 3.63) is 20.8 Å².